The first kappa shape index (κ1) is 19.7. The maximum atomic E-state index is 12.0. The number of hydrogen-bond donors (Lipinski definition) is 2. The lowest BCUT2D eigenvalue weighted by molar-refractivity contribution is -0.121. The minimum absolute atomic E-state index is 0.0582. The van der Waals surface area contributed by atoms with Gasteiger partial charge in [-0.2, -0.15) is 0 Å². The van der Waals surface area contributed by atoms with Crippen LogP contribution in [-0.4, -0.2) is 60.5 Å². The van der Waals surface area contributed by atoms with Crippen molar-refractivity contribution in [1.29, 1.82) is 0 Å². The van der Waals surface area contributed by atoms with E-state index in [4.69, 9.17) is 11.6 Å². The Morgan fingerprint density at radius 3 is 2.52 bits per heavy atom. The van der Waals surface area contributed by atoms with Crippen LogP contribution >= 0.6 is 11.6 Å². The lowest BCUT2D eigenvalue weighted by atomic mass is 10.2. The first-order chi connectivity index (χ1) is 12.0. The van der Waals surface area contributed by atoms with Gasteiger partial charge in [0.15, 0.2) is 0 Å². The van der Waals surface area contributed by atoms with E-state index in [1.54, 1.807) is 0 Å². The van der Waals surface area contributed by atoms with Crippen molar-refractivity contribution in [3.05, 3.63) is 34.9 Å². The minimum Gasteiger partial charge on any atom is -0.335 e. The molecule has 0 radical (unpaired) electrons. The van der Waals surface area contributed by atoms with Gasteiger partial charge in [0.05, 0.1) is 6.54 Å². The Morgan fingerprint density at radius 2 is 1.88 bits per heavy atom. The zero-order valence-corrected chi connectivity index (χ0v) is 15.7. The second-order valence-corrected chi connectivity index (χ2v) is 6.95. The van der Waals surface area contributed by atoms with E-state index >= 15 is 0 Å². The summed E-state index contributed by atoms with van der Waals surface area (Å²) in [6, 6.07) is 7.53. The van der Waals surface area contributed by atoms with Crippen molar-refractivity contribution in [2.75, 3.05) is 32.7 Å². The number of urea groups is 1. The van der Waals surface area contributed by atoms with Gasteiger partial charge in [-0.1, -0.05) is 30.7 Å². The number of hydrogen-bond acceptors (Lipinski definition) is 4. The SMILES string of the molecule is CC[C@@H](C)NC(=O)NC(=O)CN1CCN(Cc2cccc(Cl)c2)CC1. The Labute approximate surface area is 154 Å². The largest absolute Gasteiger partial charge is 0.335 e. The van der Waals surface area contributed by atoms with Gasteiger partial charge in [-0.3, -0.25) is 19.9 Å². The molecule has 0 aromatic heterocycles. The highest BCUT2D eigenvalue weighted by atomic mass is 35.5. The Balaban J connectivity index is 1.69. The third kappa shape index (κ3) is 7.02. The fourth-order valence-electron chi connectivity index (χ4n) is 2.73. The number of rotatable bonds is 6. The van der Waals surface area contributed by atoms with Crippen molar-refractivity contribution in [2.45, 2.75) is 32.9 Å². The summed E-state index contributed by atoms with van der Waals surface area (Å²) in [6.45, 7) is 8.38. The van der Waals surface area contributed by atoms with Crippen LogP contribution in [0.2, 0.25) is 5.02 Å². The molecule has 3 amide bonds. The molecule has 7 heteroatoms. The van der Waals surface area contributed by atoms with Crippen molar-refractivity contribution in [1.82, 2.24) is 20.4 Å². The van der Waals surface area contributed by atoms with Crippen molar-refractivity contribution >= 4 is 23.5 Å². The summed E-state index contributed by atoms with van der Waals surface area (Å²) < 4.78 is 0. The van der Waals surface area contributed by atoms with Gasteiger partial charge >= 0.3 is 6.03 Å². The van der Waals surface area contributed by atoms with Gasteiger partial charge < -0.3 is 5.32 Å². The summed E-state index contributed by atoms with van der Waals surface area (Å²) in [6.07, 6.45) is 0.830. The van der Waals surface area contributed by atoms with Gasteiger partial charge in [-0.25, -0.2) is 4.79 Å². The molecule has 1 saturated heterocycles. The Morgan fingerprint density at radius 1 is 1.20 bits per heavy atom. The number of nitrogens with one attached hydrogen (secondary N) is 2. The van der Waals surface area contributed by atoms with Crippen molar-refractivity contribution in [3.8, 4) is 0 Å². The molecule has 1 atom stereocenters. The Hall–Kier alpha value is -1.63. The average Bonchev–Trinajstić information content (AvgIpc) is 2.56. The predicted octanol–water partition coefficient (Wildman–Crippen LogP) is 2.08. The van der Waals surface area contributed by atoms with Crippen LogP contribution in [-0.2, 0) is 11.3 Å². The standard InChI is InChI=1S/C18H27ClN4O2/c1-3-14(2)20-18(25)21-17(24)13-23-9-7-22(8-10-23)12-15-5-4-6-16(19)11-15/h4-6,11,14H,3,7-10,12-13H2,1-2H3,(H2,20,21,24,25)/t14-/m1/s1. The number of piperazine rings is 1. The lowest BCUT2D eigenvalue weighted by Crippen LogP contribution is -2.51. The van der Waals surface area contributed by atoms with Gasteiger partial charge in [-0.15, -0.1) is 0 Å². The molecule has 2 N–H and O–H groups in total. The summed E-state index contributed by atoms with van der Waals surface area (Å²) in [4.78, 5) is 28.0. The molecular weight excluding hydrogens is 340 g/mol. The summed E-state index contributed by atoms with van der Waals surface area (Å²) >= 11 is 6.02. The molecule has 1 aromatic rings. The highest BCUT2D eigenvalue weighted by molar-refractivity contribution is 6.30. The molecule has 1 aliphatic rings. The molecule has 0 aliphatic carbocycles. The monoisotopic (exact) mass is 366 g/mol. The van der Waals surface area contributed by atoms with Crippen LogP contribution in [0, 0.1) is 0 Å². The smallest absolute Gasteiger partial charge is 0.321 e. The number of carbonyl (C=O) groups excluding carboxylic acids is 2. The van der Waals surface area contributed by atoms with Gasteiger partial charge in [0, 0.05) is 43.8 Å². The van der Waals surface area contributed by atoms with E-state index in [9.17, 15) is 9.59 Å². The van der Waals surface area contributed by atoms with E-state index in [0.717, 1.165) is 44.2 Å². The van der Waals surface area contributed by atoms with Gasteiger partial charge in [0.1, 0.15) is 0 Å². The number of imide groups is 1. The Kier molecular flexibility index (Phi) is 7.68. The van der Waals surface area contributed by atoms with E-state index in [0.29, 0.717) is 0 Å². The molecule has 1 aromatic carbocycles. The third-order valence-corrected chi connectivity index (χ3v) is 4.61. The average molecular weight is 367 g/mol. The molecule has 0 unspecified atom stereocenters. The molecule has 1 fully saturated rings. The molecule has 1 heterocycles. The number of halogens is 1. The quantitative estimate of drug-likeness (QED) is 0.809. The van der Waals surface area contributed by atoms with Crippen LogP contribution in [0.3, 0.4) is 0 Å². The van der Waals surface area contributed by atoms with Crippen molar-refractivity contribution in [3.63, 3.8) is 0 Å². The molecule has 1 aliphatic heterocycles. The molecule has 0 spiro atoms. The molecular formula is C18H27ClN4O2. The molecule has 0 bridgehead atoms. The van der Waals surface area contributed by atoms with Gasteiger partial charge in [-0.05, 0) is 31.0 Å². The number of benzene rings is 1. The van der Waals surface area contributed by atoms with Gasteiger partial charge in [0.25, 0.3) is 0 Å². The predicted molar refractivity (Wildman–Crippen MR) is 99.6 cm³/mol. The first-order valence-corrected chi connectivity index (χ1v) is 9.13. The summed E-state index contributed by atoms with van der Waals surface area (Å²) in [5.41, 5.74) is 1.19. The summed E-state index contributed by atoms with van der Waals surface area (Å²) in [5, 5.41) is 5.87. The van der Waals surface area contributed by atoms with E-state index in [1.807, 2.05) is 32.0 Å². The fourth-order valence-corrected chi connectivity index (χ4v) is 2.94. The van der Waals surface area contributed by atoms with Crippen LogP contribution in [0.15, 0.2) is 24.3 Å². The zero-order valence-electron chi connectivity index (χ0n) is 14.9. The maximum Gasteiger partial charge on any atom is 0.321 e. The second kappa shape index (κ2) is 9.75. The topological polar surface area (TPSA) is 64.7 Å². The summed E-state index contributed by atoms with van der Waals surface area (Å²) in [5.74, 6) is -0.260. The van der Waals surface area contributed by atoms with Crippen LogP contribution in [0.4, 0.5) is 4.79 Å². The number of nitrogens with zero attached hydrogens (tertiary/aromatic N) is 2. The summed E-state index contributed by atoms with van der Waals surface area (Å²) in [7, 11) is 0. The van der Waals surface area contributed by atoms with Crippen LogP contribution in [0.5, 0.6) is 0 Å². The zero-order chi connectivity index (χ0) is 18.2. The van der Waals surface area contributed by atoms with Crippen molar-refractivity contribution < 1.29 is 9.59 Å². The molecule has 2 rings (SSSR count). The Bertz CT molecular complexity index is 588. The molecule has 0 saturated carbocycles. The van der Waals surface area contributed by atoms with Crippen molar-refractivity contribution in [2.24, 2.45) is 0 Å². The van der Waals surface area contributed by atoms with Crippen LogP contribution < -0.4 is 10.6 Å². The van der Waals surface area contributed by atoms with E-state index < -0.39 is 6.03 Å². The number of carbonyl (C=O) groups is 2. The lowest BCUT2D eigenvalue weighted by Gasteiger charge is -2.34. The third-order valence-electron chi connectivity index (χ3n) is 4.37. The molecule has 25 heavy (non-hydrogen) atoms. The van der Waals surface area contributed by atoms with Crippen LogP contribution in [0.25, 0.3) is 0 Å². The van der Waals surface area contributed by atoms with E-state index in [1.165, 1.54) is 5.56 Å². The highest BCUT2D eigenvalue weighted by Crippen LogP contribution is 2.13. The van der Waals surface area contributed by atoms with E-state index in [2.05, 4.69) is 26.5 Å². The second-order valence-electron chi connectivity index (χ2n) is 6.51. The normalized spacial score (nSPS) is 17.1. The number of amides is 3. The maximum absolute atomic E-state index is 12.0. The van der Waals surface area contributed by atoms with Gasteiger partial charge in [0.2, 0.25) is 5.91 Å². The van der Waals surface area contributed by atoms with Crippen LogP contribution in [0.1, 0.15) is 25.8 Å². The minimum atomic E-state index is -0.418. The molecule has 138 valence electrons. The fraction of sp³-hybridized carbons (Fsp3) is 0.556. The first-order valence-electron chi connectivity index (χ1n) is 8.75. The molecule has 6 nitrogen and oxygen atoms in total. The highest BCUT2D eigenvalue weighted by Gasteiger charge is 2.20. The van der Waals surface area contributed by atoms with E-state index in [-0.39, 0.29) is 18.5 Å².